The molecule has 0 saturated heterocycles. The minimum atomic E-state index is -4.69. The summed E-state index contributed by atoms with van der Waals surface area (Å²) in [5.41, 5.74) is 6.50. The molecule has 190 valence electrons. The summed E-state index contributed by atoms with van der Waals surface area (Å²) in [6, 6.07) is 15.2. The second kappa shape index (κ2) is 11.1. The minimum absolute atomic E-state index is 0.268. The number of benzene rings is 3. The molecule has 3 N–H and O–H groups in total. The lowest BCUT2D eigenvalue weighted by molar-refractivity contribution is -1.92. The van der Waals surface area contributed by atoms with Crippen molar-refractivity contribution in [1.29, 1.82) is 0 Å². The summed E-state index contributed by atoms with van der Waals surface area (Å²) >= 11 is 0. The average molecular weight is 515 g/mol. The first-order valence-corrected chi connectivity index (χ1v) is 12.4. The van der Waals surface area contributed by atoms with Crippen LogP contribution in [0.5, 0.6) is 0 Å². The van der Waals surface area contributed by atoms with E-state index in [9.17, 15) is 9.90 Å². The van der Waals surface area contributed by atoms with Gasteiger partial charge in [0.2, 0.25) is 0 Å². The molecule has 0 fully saturated rings. The van der Waals surface area contributed by atoms with E-state index in [0.29, 0.717) is 23.5 Å². The van der Waals surface area contributed by atoms with Gasteiger partial charge in [-0.2, -0.15) is 14.0 Å². The van der Waals surface area contributed by atoms with Gasteiger partial charge in [-0.25, -0.2) is 4.79 Å². The second-order valence-electron chi connectivity index (χ2n) is 8.03. The quantitative estimate of drug-likeness (QED) is 0.339. The number of anilines is 1. The van der Waals surface area contributed by atoms with Crippen molar-refractivity contribution in [2.45, 2.75) is 27.7 Å². The fourth-order valence-electron chi connectivity index (χ4n) is 4.09. The molecule has 2 aliphatic rings. The van der Waals surface area contributed by atoms with Crippen LogP contribution in [0.4, 0.5) is 5.69 Å². The Bertz CT molecular complexity index is 1440. The summed E-state index contributed by atoms with van der Waals surface area (Å²) in [5.74, 6) is -0.264. The lowest BCUT2D eigenvalue weighted by atomic mass is 9.89. The van der Waals surface area contributed by atoms with Gasteiger partial charge in [0.1, 0.15) is 11.3 Å². The fraction of sp³-hybridized carbons (Fsp3) is 0.231. The molecule has 1 aliphatic heterocycles. The average Bonchev–Trinajstić information content (AvgIpc) is 2.78. The van der Waals surface area contributed by atoms with Crippen molar-refractivity contribution in [3.05, 3.63) is 70.6 Å². The molecule has 0 bridgehead atoms. The topological polar surface area (TPSA) is 164 Å². The number of halogens is 1. The number of carbonyl (C=O) groups is 1. The van der Waals surface area contributed by atoms with E-state index in [2.05, 4.69) is 23.3 Å². The predicted octanol–water partition coefficient (Wildman–Crippen LogP) is 1.75. The van der Waals surface area contributed by atoms with Crippen LogP contribution in [0.15, 0.2) is 57.9 Å². The van der Waals surface area contributed by atoms with E-state index in [1.165, 1.54) is 0 Å². The maximum atomic E-state index is 12.0. The van der Waals surface area contributed by atoms with Crippen LogP contribution in [0.1, 0.15) is 35.3 Å². The fourth-order valence-corrected chi connectivity index (χ4v) is 4.09. The molecule has 0 aromatic heterocycles. The molecule has 1 heterocycles. The van der Waals surface area contributed by atoms with Crippen LogP contribution in [0.25, 0.3) is 33.4 Å². The summed E-state index contributed by atoms with van der Waals surface area (Å²) in [5, 5.41) is 15.0. The highest BCUT2D eigenvalue weighted by atomic mass is 35.7. The highest BCUT2D eigenvalue weighted by molar-refractivity contribution is 6.08. The Morgan fingerprint density at radius 3 is 2.31 bits per heavy atom. The molecule has 0 spiro atoms. The first kappa shape index (κ1) is 27.1. The molecule has 36 heavy (non-hydrogen) atoms. The molecule has 0 saturated carbocycles. The Morgan fingerprint density at radius 2 is 1.69 bits per heavy atom. The van der Waals surface area contributed by atoms with Gasteiger partial charge in [0.05, 0.1) is 25.8 Å². The molecule has 1 aliphatic carbocycles. The third-order valence-corrected chi connectivity index (χ3v) is 5.51. The van der Waals surface area contributed by atoms with E-state index in [-0.39, 0.29) is 5.56 Å². The number of hydrogen-bond acceptors (Lipinski definition) is 8. The summed E-state index contributed by atoms with van der Waals surface area (Å²) in [6.07, 6.45) is 0. The first-order chi connectivity index (χ1) is 16.9. The van der Waals surface area contributed by atoms with Crippen molar-refractivity contribution >= 4 is 22.6 Å². The van der Waals surface area contributed by atoms with Crippen molar-refractivity contribution in [3.8, 4) is 22.5 Å². The number of rotatable bonds is 5. The Hall–Kier alpha value is -3.47. The van der Waals surface area contributed by atoms with E-state index in [0.717, 1.165) is 45.2 Å². The summed E-state index contributed by atoms with van der Waals surface area (Å²) < 4.78 is 39.1. The molecular weight excluding hydrogens is 488 g/mol. The van der Waals surface area contributed by atoms with Crippen molar-refractivity contribution in [2.75, 3.05) is 18.4 Å². The molecule has 10 heteroatoms. The van der Waals surface area contributed by atoms with Crippen LogP contribution in [-0.4, -0.2) is 28.8 Å². The van der Waals surface area contributed by atoms with Crippen molar-refractivity contribution < 1.29 is 43.2 Å². The van der Waals surface area contributed by atoms with E-state index in [4.69, 9.17) is 23.1 Å². The van der Waals surface area contributed by atoms with Crippen LogP contribution in [0.3, 0.4) is 0 Å². The second-order valence-corrected chi connectivity index (χ2v) is 8.82. The SMILES string of the molecule is CC/N=c1\cc2oc3cc(NCC)c(C)cc3c(-c3ccccc3C(=O)O)c-2cc1C.[O-][Cl+3]([O-])([O-])O. The van der Waals surface area contributed by atoms with Gasteiger partial charge in [0, 0.05) is 47.4 Å². The molecule has 4 rings (SSSR count). The third kappa shape index (κ3) is 6.20. The molecule has 0 radical (unpaired) electrons. The minimum Gasteiger partial charge on any atom is -0.478 e. The van der Waals surface area contributed by atoms with E-state index in [1.54, 1.807) is 12.1 Å². The van der Waals surface area contributed by atoms with Crippen LogP contribution in [0.2, 0.25) is 0 Å². The van der Waals surface area contributed by atoms with Crippen molar-refractivity contribution in [1.82, 2.24) is 0 Å². The van der Waals surface area contributed by atoms with Crippen molar-refractivity contribution in [2.24, 2.45) is 4.99 Å². The standard InChI is InChI=1S/C26H26N2O3.ClHO4/c1-5-27-21-13-23-19(11-15(21)3)25(17-9-7-8-10-18(17)26(29)30)20-12-16(4)22(28-6-2)14-24(20)31-23;2-1(3,4)5/h7-14,27H,5-6H2,1-4H3,(H,29,30);(H,2,3,4,5)/b28-22+;. The highest BCUT2D eigenvalue weighted by Crippen LogP contribution is 2.42. The Kier molecular flexibility index (Phi) is 8.34. The number of nitrogens with zero attached hydrogens (tertiary/aromatic N) is 1. The normalized spacial score (nSPS) is 11.9. The molecule has 2 aromatic carbocycles. The summed E-state index contributed by atoms with van der Waals surface area (Å²) in [6.45, 7) is 9.59. The number of fused-ring (bicyclic) bond motifs is 2. The monoisotopic (exact) mass is 514 g/mol. The lowest BCUT2D eigenvalue weighted by Crippen LogP contribution is -2.58. The number of nitrogens with one attached hydrogen (secondary N) is 1. The number of hydrogen-bond donors (Lipinski definition) is 3. The predicted molar refractivity (Wildman–Crippen MR) is 127 cm³/mol. The van der Waals surface area contributed by atoms with E-state index >= 15 is 0 Å². The van der Waals surface area contributed by atoms with Gasteiger partial charge in [0.15, 0.2) is 0 Å². The summed E-state index contributed by atoms with van der Waals surface area (Å²) in [7, 11) is -4.69. The summed E-state index contributed by atoms with van der Waals surface area (Å²) in [4.78, 5) is 16.6. The van der Waals surface area contributed by atoms with Crippen LogP contribution < -0.4 is 24.7 Å². The largest absolute Gasteiger partial charge is 0.478 e. The Balaban J connectivity index is 0.000000658. The maximum Gasteiger partial charge on any atom is 0.336 e. The molecule has 0 atom stereocenters. The maximum absolute atomic E-state index is 12.0. The van der Waals surface area contributed by atoms with Gasteiger partial charge in [-0.1, -0.05) is 18.2 Å². The highest BCUT2D eigenvalue weighted by Gasteiger charge is 2.22. The van der Waals surface area contributed by atoms with Gasteiger partial charge >= 0.3 is 5.97 Å². The number of carboxylic acids is 1. The van der Waals surface area contributed by atoms with Crippen molar-refractivity contribution in [3.63, 3.8) is 0 Å². The van der Waals surface area contributed by atoms with Crippen LogP contribution >= 0.6 is 0 Å². The molecule has 0 amide bonds. The molecule has 0 unspecified atom stereocenters. The number of aryl methyl sites for hydroxylation is 2. The van der Waals surface area contributed by atoms with Gasteiger partial charge in [-0.05, 0) is 62.6 Å². The third-order valence-electron chi connectivity index (χ3n) is 5.51. The number of aromatic carboxylic acids is 1. The smallest absolute Gasteiger partial charge is 0.336 e. The lowest BCUT2D eigenvalue weighted by Gasteiger charge is -2.19. The Morgan fingerprint density at radius 1 is 1.03 bits per heavy atom. The molecule has 2 aromatic rings. The zero-order chi connectivity index (χ0) is 26.6. The van der Waals surface area contributed by atoms with Crippen LogP contribution in [0, 0.1) is 24.1 Å². The van der Waals surface area contributed by atoms with Gasteiger partial charge in [0.25, 0.3) is 0 Å². The van der Waals surface area contributed by atoms with Gasteiger partial charge in [-0.15, -0.1) is 0 Å². The molecule has 9 nitrogen and oxygen atoms in total. The zero-order valence-corrected chi connectivity index (χ0v) is 21.0. The first-order valence-electron chi connectivity index (χ1n) is 11.2. The zero-order valence-electron chi connectivity index (χ0n) is 20.3. The van der Waals surface area contributed by atoms with Gasteiger partial charge in [-0.3, -0.25) is 4.99 Å². The van der Waals surface area contributed by atoms with E-state index < -0.39 is 16.2 Å². The van der Waals surface area contributed by atoms with Gasteiger partial charge < -0.3 is 14.8 Å². The van der Waals surface area contributed by atoms with E-state index in [1.807, 2.05) is 51.1 Å². The number of carboxylic acid groups (broad SMARTS) is 1. The Labute approximate surface area is 210 Å². The van der Waals surface area contributed by atoms with Crippen LogP contribution in [-0.2, 0) is 0 Å². The molecular formula is C26H27ClN2O7.